The van der Waals surface area contributed by atoms with Gasteiger partial charge >= 0.3 is 0 Å². The number of nitrogens with one attached hydrogen (secondary N) is 1. The van der Waals surface area contributed by atoms with Crippen LogP contribution in [0, 0.1) is 0 Å². The summed E-state index contributed by atoms with van der Waals surface area (Å²) in [4.78, 5) is 14.8. The summed E-state index contributed by atoms with van der Waals surface area (Å²) in [7, 11) is 3.10. The van der Waals surface area contributed by atoms with E-state index < -0.39 is 0 Å². The summed E-state index contributed by atoms with van der Waals surface area (Å²) in [5.74, 6) is 0.892. The molecule has 0 radical (unpaired) electrons. The van der Waals surface area contributed by atoms with Crippen molar-refractivity contribution in [3.8, 4) is 11.5 Å². The fourth-order valence-corrected chi connectivity index (χ4v) is 2.76. The lowest BCUT2D eigenvalue weighted by atomic mass is 10.1. The van der Waals surface area contributed by atoms with Crippen molar-refractivity contribution in [3.05, 3.63) is 48.0 Å². The van der Waals surface area contributed by atoms with Crippen LogP contribution in [0.1, 0.15) is 10.4 Å². The maximum absolute atomic E-state index is 12.5. The molecule has 0 saturated carbocycles. The van der Waals surface area contributed by atoms with E-state index >= 15 is 0 Å². The first-order valence-electron chi connectivity index (χ1n) is 8.17. The van der Waals surface area contributed by atoms with Crippen LogP contribution in [-0.2, 0) is 4.74 Å². The second-order valence-electron chi connectivity index (χ2n) is 5.67. The highest BCUT2D eigenvalue weighted by Gasteiger charge is 2.14. The summed E-state index contributed by atoms with van der Waals surface area (Å²) < 4.78 is 15.8. The molecule has 1 fully saturated rings. The maximum atomic E-state index is 12.5. The molecule has 0 aromatic heterocycles. The van der Waals surface area contributed by atoms with Crippen LogP contribution in [0.5, 0.6) is 11.5 Å². The Balaban J connectivity index is 1.70. The van der Waals surface area contributed by atoms with E-state index in [9.17, 15) is 4.79 Å². The monoisotopic (exact) mass is 342 g/mol. The van der Waals surface area contributed by atoms with E-state index in [0.717, 1.165) is 37.7 Å². The van der Waals surface area contributed by atoms with Crippen LogP contribution in [0.2, 0.25) is 0 Å². The van der Waals surface area contributed by atoms with Crippen LogP contribution in [0.3, 0.4) is 0 Å². The lowest BCUT2D eigenvalue weighted by Gasteiger charge is -2.28. The Bertz CT molecular complexity index is 725. The molecule has 3 rings (SSSR count). The molecule has 0 bridgehead atoms. The number of carbonyl (C=O) groups is 1. The smallest absolute Gasteiger partial charge is 0.259 e. The van der Waals surface area contributed by atoms with Crippen LogP contribution in [0.25, 0.3) is 0 Å². The van der Waals surface area contributed by atoms with E-state index in [1.165, 1.54) is 7.11 Å². The van der Waals surface area contributed by atoms with Gasteiger partial charge in [0.15, 0.2) is 0 Å². The number of nitrogens with zero attached hydrogens (tertiary/aromatic N) is 1. The number of morpholine rings is 1. The average molecular weight is 342 g/mol. The Hall–Kier alpha value is -2.73. The largest absolute Gasteiger partial charge is 0.497 e. The number of anilines is 2. The number of amides is 1. The Labute approximate surface area is 147 Å². The van der Waals surface area contributed by atoms with E-state index in [1.807, 2.05) is 24.3 Å². The fraction of sp³-hybridized carbons (Fsp3) is 0.316. The number of carbonyl (C=O) groups excluding carboxylic acids is 1. The molecule has 132 valence electrons. The first-order valence-corrected chi connectivity index (χ1v) is 8.17. The van der Waals surface area contributed by atoms with Crippen molar-refractivity contribution in [2.24, 2.45) is 0 Å². The van der Waals surface area contributed by atoms with Gasteiger partial charge in [0.25, 0.3) is 5.91 Å². The fourth-order valence-electron chi connectivity index (χ4n) is 2.76. The second kappa shape index (κ2) is 7.90. The van der Waals surface area contributed by atoms with Gasteiger partial charge < -0.3 is 24.4 Å². The molecule has 1 heterocycles. The maximum Gasteiger partial charge on any atom is 0.259 e. The van der Waals surface area contributed by atoms with Crippen LogP contribution in [-0.4, -0.2) is 46.4 Å². The minimum Gasteiger partial charge on any atom is -0.497 e. The number of hydrogen-bond donors (Lipinski definition) is 1. The van der Waals surface area contributed by atoms with Crippen molar-refractivity contribution in [3.63, 3.8) is 0 Å². The van der Waals surface area contributed by atoms with Crippen molar-refractivity contribution in [1.29, 1.82) is 0 Å². The molecule has 25 heavy (non-hydrogen) atoms. The lowest BCUT2D eigenvalue weighted by Crippen LogP contribution is -2.36. The molecule has 1 aliphatic heterocycles. The molecule has 1 aliphatic rings. The molecule has 0 aliphatic carbocycles. The molecule has 6 heteroatoms. The molecule has 0 atom stereocenters. The van der Waals surface area contributed by atoms with Gasteiger partial charge in [0.05, 0.1) is 33.0 Å². The predicted molar refractivity (Wildman–Crippen MR) is 97.0 cm³/mol. The topological polar surface area (TPSA) is 60.0 Å². The summed E-state index contributed by atoms with van der Waals surface area (Å²) >= 11 is 0. The van der Waals surface area contributed by atoms with Crippen molar-refractivity contribution >= 4 is 17.3 Å². The minimum absolute atomic E-state index is 0.223. The van der Waals surface area contributed by atoms with Crippen molar-refractivity contribution in [2.45, 2.75) is 0 Å². The molecule has 6 nitrogen and oxygen atoms in total. The molecule has 1 N–H and O–H groups in total. The minimum atomic E-state index is -0.223. The first-order chi connectivity index (χ1) is 12.2. The van der Waals surface area contributed by atoms with Gasteiger partial charge in [0.1, 0.15) is 11.5 Å². The third kappa shape index (κ3) is 4.03. The van der Waals surface area contributed by atoms with Crippen LogP contribution < -0.4 is 19.7 Å². The van der Waals surface area contributed by atoms with Gasteiger partial charge in [-0.25, -0.2) is 0 Å². The Morgan fingerprint density at radius 1 is 1.04 bits per heavy atom. The quantitative estimate of drug-likeness (QED) is 0.905. The van der Waals surface area contributed by atoms with Crippen LogP contribution in [0.4, 0.5) is 11.4 Å². The van der Waals surface area contributed by atoms with Gasteiger partial charge in [-0.05, 0) is 36.4 Å². The first kappa shape index (κ1) is 17.1. The average Bonchev–Trinajstić information content (AvgIpc) is 2.68. The zero-order chi connectivity index (χ0) is 17.6. The van der Waals surface area contributed by atoms with Crippen LogP contribution in [0.15, 0.2) is 42.5 Å². The molecular formula is C19H22N2O4. The zero-order valence-corrected chi connectivity index (χ0v) is 14.5. The standard InChI is InChI=1S/C19H22N2O4/c1-23-16-7-8-17(18(13-16)24-2)19(22)20-14-3-5-15(6-4-14)21-9-11-25-12-10-21/h3-8,13H,9-12H2,1-2H3,(H,20,22). The normalized spacial score (nSPS) is 14.1. The molecular weight excluding hydrogens is 320 g/mol. The highest BCUT2D eigenvalue weighted by atomic mass is 16.5. The molecule has 0 spiro atoms. The molecule has 1 amide bonds. The van der Waals surface area contributed by atoms with E-state index in [4.69, 9.17) is 14.2 Å². The number of methoxy groups -OCH3 is 2. The number of ether oxygens (including phenoxy) is 3. The SMILES string of the molecule is COc1ccc(C(=O)Nc2ccc(N3CCOCC3)cc2)c(OC)c1. The summed E-state index contributed by atoms with van der Waals surface area (Å²) in [5.41, 5.74) is 2.32. The van der Waals surface area contributed by atoms with Gasteiger partial charge in [0.2, 0.25) is 0 Å². The van der Waals surface area contributed by atoms with Crippen LogP contribution >= 0.6 is 0 Å². The van der Waals surface area contributed by atoms with E-state index in [2.05, 4.69) is 10.2 Å². The Kier molecular flexibility index (Phi) is 5.40. The second-order valence-corrected chi connectivity index (χ2v) is 5.67. The molecule has 0 unspecified atom stereocenters. The summed E-state index contributed by atoms with van der Waals surface area (Å²) in [6.07, 6.45) is 0. The van der Waals surface area contributed by atoms with Gasteiger partial charge in [0, 0.05) is 30.5 Å². The summed E-state index contributed by atoms with van der Waals surface area (Å²) in [6.45, 7) is 3.26. The molecule has 2 aromatic rings. The third-order valence-electron chi connectivity index (χ3n) is 4.15. The van der Waals surface area contributed by atoms with E-state index in [0.29, 0.717) is 17.1 Å². The highest BCUT2D eigenvalue weighted by molar-refractivity contribution is 6.06. The summed E-state index contributed by atoms with van der Waals surface area (Å²) in [5, 5.41) is 2.90. The number of rotatable bonds is 5. The van der Waals surface area contributed by atoms with Crippen molar-refractivity contribution < 1.29 is 19.0 Å². The van der Waals surface area contributed by atoms with Crippen molar-refractivity contribution in [1.82, 2.24) is 0 Å². The Morgan fingerprint density at radius 2 is 1.76 bits per heavy atom. The predicted octanol–water partition coefficient (Wildman–Crippen LogP) is 2.79. The van der Waals surface area contributed by atoms with Gasteiger partial charge in [-0.2, -0.15) is 0 Å². The third-order valence-corrected chi connectivity index (χ3v) is 4.15. The lowest BCUT2D eigenvalue weighted by molar-refractivity contribution is 0.102. The molecule has 2 aromatic carbocycles. The highest BCUT2D eigenvalue weighted by Crippen LogP contribution is 2.26. The van der Waals surface area contributed by atoms with Gasteiger partial charge in [-0.1, -0.05) is 0 Å². The van der Waals surface area contributed by atoms with E-state index in [-0.39, 0.29) is 5.91 Å². The van der Waals surface area contributed by atoms with Crippen molar-refractivity contribution in [2.75, 3.05) is 50.7 Å². The van der Waals surface area contributed by atoms with Gasteiger partial charge in [-0.15, -0.1) is 0 Å². The summed E-state index contributed by atoms with van der Waals surface area (Å²) in [6, 6.07) is 12.9. The zero-order valence-electron chi connectivity index (χ0n) is 14.5. The number of benzene rings is 2. The molecule has 1 saturated heterocycles. The Morgan fingerprint density at radius 3 is 2.40 bits per heavy atom. The van der Waals surface area contributed by atoms with E-state index in [1.54, 1.807) is 25.3 Å². The number of hydrogen-bond acceptors (Lipinski definition) is 5. The van der Waals surface area contributed by atoms with Gasteiger partial charge in [-0.3, -0.25) is 4.79 Å².